The fraction of sp³-hybridized carbons (Fsp3) is 0.350. The smallest absolute Gasteiger partial charge is 0.257 e. The number of amides is 1. The predicted molar refractivity (Wildman–Crippen MR) is 93.1 cm³/mol. The van der Waals surface area contributed by atoms with Gasteiger partial charge in [0.15, 0.2) is 0 Å². The van der Waals surface area contributed by atoms with Crippen LogP contribution in [0.2, 0.25) is 0 Å². The highest BCUT2D eigenvalue weighted by Gasteiger charge is 2.25. The van der Waals surface area contributed by atoms with Crippen molar-refractivity contribution in [1.82, 2.24) is 4.90 Å². The second-order valence-corrected chi connectivity index (χ2v) is 6.43. The van der Waals surface area contributed by atoms with Gasteiger partial charge in [-0.05, 0) is 48.4 Å². The summed E-state index contributed by atoms with van der Waals surface area (Å²) >= 11 is 0. The van der Waals surface area contributed by atoms with Gasteiger partial charge in [0.1, 0.15) is 5.75 Å². The molecule has 1 aliphatic rings. The minimum atomic E-state index is -0.126. The van der Waals surface area contributed by atoms with Crippen LogP contribution in [0.5, 0.6) is 5.75 Å². The molecule has 3 rings (SSSR count). The number of hydrogen-bond acceptors (Lipinski definition) is 3. The van der Waals surface area contributed by atoms with Crippen molar-refractivity contribution in [2.24, 2.45) is 5.92 Å². The number of hydrogen-bond donors (Lipinski definition) is 2. The quantitative estimate of drug-likeness (QED) is 0.909. The summed E-state index contributed by atoms with van der Waals surface area (Å²) in [6, 6.07) is 15.3. The van der Waals surface area contributed by atoms with E-state index in [1.54, 1.807) is 17.0 Å². The van der Waals surface area contributed by atoms with E-state index in [2.05, 4.69) is 0 Å². The van der Waals surface area contributed by atoms with Gasteiger partial charge in [0, 0.05) is 19.7 Å². The van der Waals surface area contributed by atoms with Crippen molar-refractivity contribution in [2.45, 2.75) is 19.3 Å². The summed E-state index contributed by atoms with van der Waals surface area (Å²) in [6.45, 7) is 1.44. The molecule has 0 aromatic heterocycles. The van der Waals surface area contributed by atoms with Crippen LogP contribution in [0, 0.1) is 5.92 Å². The van der Waals surface area contributed by atoms with E-state index in [1.165, 1.54) is 5.56 Å². The summed E-state index contributed by atoms with van der Waals surface area (Å²) in [5.41, 5.74) is 2.55. The van der Waals surface area contributed by atoms with Crippen molar-refractivity contribution in [2.75, 3.05) is 19.7 Å². The Morgan fingerprint density at radius 1 is 1.04 bits per heavy atom. The first-order valence-electron chi connectivity index (χ1n) is 8.43. The van der Waals surface area contributed by atoms with Crippen molar-refractivity contribution in [1.29, 1.82) is 0 Å². The summed E-state index contributed by atoms with van der Waals surface area (Å²) in [7, 11) is 0. The van der Waals surface area contributed by atoms with Crippen LogP contribution < -0.4 is 0 Å². The molecule has 4 heteroatoms. The third kappa shape index (κ3) is 3.77. The topological polar surface area (TPSA) is 60.8 Å². The molecule has 0 unspecified atom stereocenters. The fourth-order valence-electron chi connectivity index (χ4n) is 3.18. The molecule has 1 fully saturated rings. The van der Waals surface area contributed by atoms with Crippen LogP contribution in [0.3, 0.4) is 0 Å². The monoisotopic (exact) mass is 325 g/mol. The van der Waals surface area contributed by atoms with Crippen molar-refractivity contribution in [3.8, 4) is 5.75 Å². The first-order chi connectivity index (χ1) is 11.7. The lowest BCUT2D eigenvalue weighted by Crippen LogP contribution is -2.39. The molecule has 4 nitrogen and oxygen atoms in total. The molecule has 0 aliphatic carbocycles. The second kappa shape index (κ2) is 7.49. The number of carbonyl (C=O) groups excluding carboxylic acids is 1. The zero-order chi connectivity index (χ0) is 16.9. The highest BCUT2D eigenvalue weighted by molar-refractivity contribution is 5.97. The lowest BCUT2D eigenvalue weighted by molar-refractivity contribution is 0.0648. The summed E-state index contributed by atoms with van der Waals surface area (Å²) in [4.78, 5) is 14.5. The number of benzene rings is 2. The molecule has 0 atom stereocenters. The molecule has 126 valence electrons. The van der Waals surface area contributed by atoms with Gasteiger partial charge in [0.2, 0.25) is 0 Å². The van der Waals surface area contributed by atoms with E-state index in [1.807, 2.05) is 36.4 Å². The minimum Gasteiger partial charge on any atom is -0.507 e. The van der Waals surface area contributed by atoms with Gasteiger partial charge in [0.25, 0.3) is 5.91 Å². The number of likely N-dealkylation sites (tertiary alicyclic amines) is 1. The van der Waals surface area contributed by atoms with E-state index >= 15 is 0 Å². The van der Waals surface area contributed by atoms with Crippen LogP contribution in [0.15, 0.2) is 48.5 Å². The van der Waals surface area contributed by atoms with Crippen molar-refractivity contribution in [3.05, 3.63) is 65.2 Å². The Hall–Kier alpha value is -2.33. The number of piperidine rings is 1. The highest BCUT2D eigenvalue weighted by Crippen LogP contribution is 2.25. The molecule has 1 saturated heterocycles. The normalized spacial score (nSPS) is 15.5. The fourth-order valence-corrected chi connectivity index (χ4v) is 3.18. The largest absolute Gasteiger partial charge is 0.507 e. The molecular weight excluding hydrogens is 302 g/mol. The van der Waals surface area contributed by atoms with Gasteiger partial charge in [-0.25, -0.2) is 0 Å². The number of phenolic OH excluding ortho intramolecular Hbond substituents is 1. The van der Waals surface area contributed by atoms with Crippen LogP contribution in [0.1, 0.15) is 34.3 Å². The molecule has 2 aromatic carbocycles. The van der Waals surface area contributed by atoms with E-state index < -0.39 is 0 Å². The van der Waals surface area contributed by atoms with Crippen LogP contribution in [-0.4, -0.2) is 40.7 Å². The molecule has 0 saturated carbocycles. The number of nitrogens with zero attached hydrogens (tertiary/aromatic N) is 1. The summed E-state index contributed by atoms with van der Waals surface area (Å²) in [6.07, 6.45) is 2.35. The van der Waals surface area contributed by atoms with Gasteiger partial charge in [-0.2, -0.15) is 0 Å². The first-order valence-corrected chi connectivity index (χ1v) is 8.43. The number of aliphatic hydroxyl groups excluding tert-OH is 1. The first kappa shape index (κ1) is 16.5. The van der Waals surface area contributed by atoms with Gasteiger partial charge < -0.3 is 15.1 Å². The number of rotatable bonds is 4. The van der Waals surface area contributed by atoms with Crippen molar-refractivity contribution in [3.63, 3.8) is 0 Å². The van der Waals surface area contributed by atoms with Crippen molar-refractivity contribution >= 4 is 5.91 Å². The maximum absolute atomic E-state index is 12.7. The molecule has 1 aliphatic heterocycles. The lowest BCUT2D eigenvalue weighted by Gasteiger charge is -2.31. The Labute approximate surface area is 142 Å². The Morgan fingerprint density at radius 2 is 1.75 bits per heavy atom. The lowest BCUT2D eigenvalue weighted by atomic mass is 9.96. The third-order valence-electron chi connectivity index (χ3n) is 4.70. The molecule has 0 spiro atoms. The van der Waals surface area contributed by atoms with E-state index in [0.29, 0.717) is 18.7 Å². The van der Waals surface area contributed by atoms with E-state index in [4.69, 9.17) is 0 Å². The molecule has 2 aromatic rings. The number of aliphatic hydroxyl groups is 1. The molecular formula is C20H23NO3. The maximum atomic E-state index is 12.7. The van der Waals surface area contributed by atoms with Gasteiger partial charge in [0.05, 0.1) is 5.56 Å². The molecule has 1 amide bonds. The molecule has 1 heterocycles. The van der Waals surface area contributed by atoms with E-state index in [0.717, 1.165) is 24.8 Å². The molecule has 0 radical (unpaired) electrons. The third-order valence-corrected chi connectivity index (χ3v) is 4.70. The van der Waals surface area contributed by atoms with E-state index in [9.17, 15) is 15.0 Å². The average molecular weight is 325 g/mol. The number of carbonyl (C=O) groups is 1. The SMILES string of the molecule is O=C(c1cc(Cc2ccccc2)ccc1O)N1CCC(CO)CC1. The van der Waals surface area contributed by atoms with Gasteiger partial charge in [-0.1, -0.05) is 36.4 Å². The predicted octanol–water partition coefficient (Wildman–Crippen LogP) is 2.83. The average Bonchev–Trinajstić information content (AvgIpc) is 2.64. The number of aromatic hydroxyl groups is 1. The maximum Gasteiger partial charge on any atom is 0.257 e. The minimum absolute atomic E-state index is 0.0288. The Morgan fingerprint density at radius 3 is 2.42 bits per heavy atom. The Kier molecular flexibility index (Phi) is 5.16. The van der Waals surface area contributed by atoms with Crippen LogP contribution in [0.4, 0.5) is 0 Å². The Balaban J connectivity index is 1.75. The molecule has 0 bridgehead atoms. The highest BCUT2D eigenvalue weighted by atomic mass is 16.3. The molecule has 24 heavy (non-hydrogen) atoms. The standard InChI is InChI=1S/C20H23NO3/c22-14-16-8-10-21(11-9-16)20(24)18-13-17(6-7-19(18)23)12-15-4-2-1-3-5-15/h1-7,13,16,22-23H,8-12,14H2. The van der Waals surface area contributed by atoms with Crippen LogP contribution >= 0.6 is 0 Å². The van der Waals surface area contributed by atoms with Gasteiger partial charge in [-0.3, -0.25) is 4.79 Å². The van der Waals surface area contributed by atoms with Crippen LogP contribution in [-0.2, 0) is 6.42 Å². The van der Waals surface area contributed by atoms with Crippen molar-refractivity contribution < 1.29 is 15.0 Å². The van der Waals surface area contributed by atoms with E-state index in [-0.39, 0.29) is 24.2 Å². The number of phenols is 1. The second-order valence-electron chi connectivity index (χ2n) is 6.43. The summed E-state index contributed by atoms with van der Waals surface area (Å²) < 4.78 is 0. The zero-order valence-electron chi connectivity index (χ0n) is 13.7. The summed E-state index contributed by atoms with van der Waals surface area (Å²) in [5, 5.41) is 19.3. The van der Waals surface area contributed by atoms with Crippen LogP contribution in [0.25, 0.3) is 0 Å². The Bertz CT molecular complexity index is 691. The van der Waals surface area contributed by atoms with Gasteiger partial charge >= 0.3 is 0 Å². The summed E-state index contributed by atoms with van der Waals surface area (Å²) in [5.74, 6) is 0.187. The molecule has 2 N–H and O–H groups in total. The van der Waals surface area contributed by atoms with Gasteiger partial charge in [-0.15, -0.1) is 0 Å². The zero-order valence-corrected chi connectivity index (χ0v) is 13.7.